The van der Waals surface area contributed by atoms with Crippen LogP contribution in [0.25, 0.3) is 0 Å². The number of nitrogen functional groups attached to an aromatic ring is 1. The SMILES string of the molecule is NCc1c(OC(F)(F)F)cnc(N)c1[N+](=O)[O-]. The van der Waals surface area contributed by atoms with Crippen LogP contribution in [0, 0.1) is 10.1 Å². The maximum Gasteiger partial charge on any atom is 0.573 e. The largest absolute Gasteiger partial charge is 0.573 e. The number of pyridine rings is 1. The molecule has 17 heavy (non-hydrogen) atoms. The summed E-state index contributed by atoms with van der Waals surface area (Å²) >= 11 is 0. The fourth-order valence-corrected chi connectivity index (χ4v) is 1.15. The van der Waals surface area contributed by atoms with E-state index < -0.39 is 40.6 Å². The van der Waals surface area contributed by atoms with Crippen molar-refractivity contribution in [2.75, 3.05) is 5.73 Å². The molecule has 1 heterocycles. The molecule has 0 aliphatic carbocycles. The zero-order valence-corrected chi connectivity index (χ0v) is 8.19. The quantitative estimate of drug-likeness (QED) is 0.610. The number of hydrogen-bond donors (Lipinski definition) is 2. The van der Waals surface area contributed by atoms with Gasteiger partial charge in [0.1, 0.15) is 0 Å². The third kappa shape index (κ3) is 2.93. The molecule has 1 rings (SSSR count). The van der Waals surface area contributed by atoms with Gasteiger partial charge >= 0.3 is 12.0 Å². The van der Waals surface area contributed by atoms with E-state index in [2.05, 4.69) is 9.72 Å². The van der Waals surface area contributed by atoms with Crippen LogP contribution in [0.3, 0.4) is 0 Å². The van der Waals surface area contributed by atoms with Gasteiger partial charge in [0.25, 0.3) is 0 Å². The van der Waals surface area contributed by atoms with Crippen molar-refractivity contribution in [3.63, 3.8) is 0 Å². The number of hydrogen-bond acceptors (Lipinski definition) is 6. The lowest BCUT2D eigenvalue weighted by molar-refractivity contribution is -0.385. The predicted molar refractivity (Wildman–Crippen MR) is 49.9 cm³/mol. The van der Waals surface area contributed by atoms with E-state index in [9.17, 15) is 23.3 Å². The second kappa shape index (κ2) is 4.41. The first-order valence-electron chi connectivity index (χ1n) is 4.13. The number of halogens is 3. The van der Waals surface area contributed by atoms with Crippen molar-refractivity contribution < 1.29 is 22.8 Å². The highest BCUT2D eigenvalue weighted by molar-refractivity contribution is 5.61. The summed E-state index contributed by atoms with van der Waals surface area (Å²) in [4.78, 5) is 12.9. The molecule has 0 atom stereocenters. The summed E-state index contributed by atoms with van der Waals surface area (Å²) in [7, 11) is 0. The van der Waals surface area contributed by atoms with E-state index in [4.69, 9.17) is 11.5 Å². The minimum atomic E-state index is -4.99. The molecule has 0 saturated heterocycles. The van der Waals surface area contributed by atoms with E-state index in [1.165, 1.54) is 0 Å². The van der Waals surface area contributed by atoms with Crippen LogP contribution in [0.15, 0.2) is 6.20 Å². The molecule has 0 saturated carbocycles. The summed E-state index contributed by atoms with van der Waals surface area (Å²) in [5.41, 5.74) is 9.09. The summed E-state index contributed by atoms with van der Waals surface area (Å²) in [6.07, 6.45) is -4.35. The number of aromatic nitrogens is 1. The van der Waals surface area contributed by atoms with Crippen LogP contribution in [0.1, 0.15) is 5.56 Å². The molecule has 1 aromatic heterocycles. The standard InChI is InChI=1S/C7H7F3N4O3/c8-7(9,10)17-4-2-13-6(12)5(14(15)16)3(4)1-11/h2H,1,11H2,(H2,12,13). The third-order valence-corrected chi connectivity index (χ3v) is 1.76. The van der Waals surface area contributed by atoms with Gasteiger partial charge in [-0.25, -0.2) is 4.98 Å². The number of nitrogens with two attached hydrogens (primary N) is 2. The van der Waals surface area contributed by atoms with Crippen molar-refractivity contribution in [3.05, 3.63) is 21.9 Å². The van der Waals surface area contributed by atoms with Gasteiger partial charge in [-0.1, -0.05) is 0 Å². The molecule has 0 bridgehead atoms. The van der Waals surface area contributed by atoms with Gasteiger partial charge < -0.3 is 16.2 Å². The van der Waals surface area contributed by atoms with E-state index in [1.54, 1.807) is 0 Å². The zero-order chi connectivity index (χ0) is 13.2. The fourth-order valence-electron chi connectivity index (χ4n) is 1.15. The molecular weight excluding hydrogens is 245 g/mol. The average molecular weight is 252 g/mol. The first-order valence-corrected chi connectivity index (χ1v) is 4.13. The minimum Gasteiger partial charge on any atom is -0.404 e. The van der Waals surface area contributed by atoms with Gasteiger partial charge in [-0.2, -0.15) is 0 Å². The van der Waals surface area contributed by atoms with Gasteiger partial charge in [0.05, 0.1) is 16.7 Å². The lowest BCUT2D eigenvalue weighted by Gasteiger charge is -2.12. The van der Waals surface area contributed by atoms with E-state index in [-0.39, 0.29) is 0 Å². The third-order valence-electron chi connectivity index (χ3n) is 1.76. The van der Waals surface area contributed by atoms with Crippen molar-refractivity contribution in [2.45, 2.75) is 12.9 Å². The average Bonchev–Trinajstić information content (AvgIpc) is 2.17. The Morgan fingerprint density at radius 1 is 1.53 bits per heavy atom. The van der Waals surface area contributed by atoms with E-state index in [1.807, 2.05) is 0 Å². The minimum absolute atomic E-state index is 0.458. The highest BCUT2D eigenvalue weighted by atomic mass is 19.4. The molecule has 94 valence electrons. The summed E-state index contributed by atoms with van der Waals surface area (Å²) in [6, 6.07) is 0. The molecule has 0 amide bonds. The molecule has 10 heteroatoms. The molecule has 4 N–H and O–H groups in total. The normalized spacial score (nSPS) is 11.3. The summed E-state index contributed by atoms with van der Waals surface area (Å²) in [5, 5.41) is 10.6. The second-order valence-electron chi connectivity index (χ2n) is 2.84. The van der Waals surface area contributed by atoms with Crippen molar-refractivity contribution in [2.24, 2.45) is 5.73 Å². The molecule has 0 fully saturated rings. The maximum absolute atomic E-state index is 12.0. The predicted octanol–water partition coefficient (Wildman–Crippen LogP) is 0.929. The van der Waals surface area contributed by atoms with Crippen molar-refractivity contribution >= 4 is 11.5 Å². The number of rotatable bonds is 3. The fraction of sp³-hybridized carbons (Fsp3) is 0.286. The van der Waals surface area contributed by atoms with Crippen LogP contribution in [-0.2, 0) is 6.54 Å². The monoisotopic (exact) mass is 252 g/mol. The highest BCUT2D eigenvalue weighted by Crippen LogP contribution is 2.34. The van der Waals surface area contributed by atoms with Crippen LogP contribution >= 0.6 is 0 Å². The van der Waals surface area contributed by atoms with Crippen molar-refractivity contribution in [1.82, 2.24) is 4.98 Å². The second-order valence-corrected chi connectivity index (χ2v) is 2.84. The first-order chi connectivity index (χ1) is 7.76. The van der Waals surface area contributed by atoms with Crippen molar-refractivity contribution in [1.29, 1.82) is 0 Å². The Morgan fingerprint density at radius 2 is 2.12 bits per heavy atom. The number of nitrogens with zero attached hydrogens (tertiary/aromatic N) is 2. The highest BCUT2D eigenvalue weighted by Gasteiger charge is 2.34. The smallest absolute Gasteiger partial charge is 0.404 e. The molecule has 0 radical (unpaired) electrons. The molecule has 0 spiro atoms. The Labute approximate surface area is 92.3 Å². The van der Waals surface area contributed by atoms with Gasteiger partial charge in [-0.05, 0) is 0 Å². The number of alkyl halides is 3. The molecule has 0 aromatic carbocycles. The van der Waals surface area contributed by atoms with Crippen LogP contribution < -0.4 is 16.2 Å². The maximum atomic E-state index is 12.0. The summed E-state index contributed by atoms with van der Waals surface area (Å²) in [6.45, 7) is -0.533. The van der Waals surface area contributed by atoms with E-state index in [0.717, 1.165) is 0 Å². The summed E-state index contributed by atoms with van der Waals surface area (Å²) < 4.78 is 39.6. The molecule has 1 aromatic rings. The Morgan fingerprint density at radius 3 is 2.53 bits per heavy atom. The van der Waals surface area contributed by atoms with Gasteiger partial charge in [0.15, 0.2) is 5.75 Å². The van der Waals surface area contributed by atoms with Gasteiger partial charge in [-0.15, -0.1) is 13.2 Å². The topological polar surface area (TPSA) is 117 Å². The van der Waals surface area contributed by atoms with E-state index in [0.29, 0.717) is 6.20 Å². The van der Waals surface area contributed by atoms with Crippen LogP contribution in [-0.4, -0.2) is 16.3 Å². The van der Waals surface area contributed by atoms with E-state index >= 15 is 0 Å². The molecule has 0 unspecified atom stereocenters. The molecular formula is C7H7F3N4O3. The van der Waals surface area contributed by atoms with Crippen LogP contribution in [0.5, 0.6) is 5.75 Å². The Hall–Kier alpha value is -2.10. The lowest BCUT2D eigenvalue weighted by atomic mass is 10.2. The van der Waals surface area contributed by atoms with Gasteiger partial charge in [-0.3, -0.25) is 10.1 Å². The van der Waals surface area contributed by atoms with Crippen molar-refractivity contribution in [3.8, 4) is 5.75 Å². The Balaban J connectivity index is 3.33. The Kier molecular flexibility index (Phi) is 3.36. The number of ether oxygens (including phenoxy) is 1. The van der Waals surface area contributed by atoms with Gasteiger partial charge in [0.2, 0.25) is 5.82 Å². The number of anilines is 1. The summed E-state index contributed by atoms with van der Waals surface area (Å²) in [5.74, 6) is -1.36. The molecule has 0 aliphatic heterocycles. The van der Waals surface area contributed by atoms with Crippen LogP contribution in [0.4, 0.5) is 24.7 Å². The number of nitro groups is 1. The zero-order valence-electron chi connectivity index (χ0n) is 8.19. The Bertz CT molecular complexity index is 449. The molecule has 7 nitrogen and oxygen atoms in total. The van der Waals surface area contributed by atoms with Gasteiger partial charge in [0, 0.05) is 6.54 Å². The lowest BCUT2D eigenvalue weighted by Crippen LogP contribution is -2.20. The van der Waals surface area contributed by atoms with Crippen LogP contribution in [0.2, 0.25) is 0 Å². The first kappa shape index (κ1) is 13.0. The molecule has 0 aliphatic rings.